The van der Waals surface area contributed by atoms with E-state index >= 15 is 0 Å². The summed E-state index contributed by atoms with van der Waals surface area (Å²) < 4.78 is 0. The summed E-state index contributed by atoms with van der Waals surface area (Å²) in [6.45, 7) is 0. The van der Waals surface area contributed by atoms with Crippen molar-refractivity contribution in [2.75, 3.05) is 0 Å². The van der Waals surface area contributed by atoms with Crippen molar-refractivity contribution in [3.63, 3.8) is 0 Å². The van der Waals surface area contributed by atoms with Crippen LogP contribution >= 0.6 is 23.2 Å². The van der Waals surface area contributed by atoms with Gasteiger partial charge in [-0.05, 0) is 24.1 Å². The molecule has 1 rings (SSSR count). The molecule has 0 fully saturated rings. The van der Waals surface area contributed by atoms with Gasteiger partial charge in [0.1, 0.15) is 0 Å². The number of aliphatic carboxylic acids is 2. The van der Waals surface area contributed by atoms with Gasteiger partial charge in [-0.15, -0.1) is 0 Å². The standard InChI is InChI=1S/C10H8Cl2O4/c11-6-2-1-5(8(12)4-6)3-7(9(13)14)10(15)16/h1-2,4,7H,3H2,(H,13,14)(H,15,16). The summed E-state index contributed by atoms with van der Waals surface area (Å²) in [6.07, 6.45) is -0.166. The minimum absolute atomic E-state index is 0.166. The molecule has 0 aliphatic rings. The first-order valence-corrected chi connectivity index (χ1v) is 5.07. The molecule has 0 radical (unpaired) electrons. The van der Waals surface area contributed by atoms with Gasteiger partial charge in [0, 0.05) is 10.0 Å². The molecule has 16 heavy (non-hydrogen) atoms. The van der Waals surface area contributed by atoms with E-state index in [0.29, 0.717) is 10.6 Å². The average molecular weight is 263 g/mol. The maximum atomic E-state index is 10.7. The number of hydrogen-bond donors (Lipinski definition) is 2. The van der Waals surface area contributed by atoms with E-state index in [1.807, 2.05) is 0 Å². The second kappa shape index (κ2) is 5.18. The van der Waals surface area contributed by atoms with Gasteiger partial charge in [-0.1, -0.05) is 29.3 Å². The lowest BCUT2D eigenvalue weighted by atomic mass is 10.00. The van der Waals surface area contributed by atoms with Crippen molar-refractivity contribution in [2.45, 2.75) is 6.42 Å². The summed E-state index contributed by atoms with van der Waals surface area (Å²) in [5, 5.41) is 18.1. The predicted octanol–water partition coefficient (Wildman–Crippen LogP) is 2.32. The lowest BCUT2D eigenvalue weighted by molar-refractivity contribution is -0.154. The lowest BCUT2D eigenvalue weighted by Crippen LogP contribution is -2.25. The third-order valence-corrected chi connectivity index (χ3v) is 2.62. The van der Waals surface area contributed by atoms with Crippen molar-refractivity contribution < 1.29 is 19.8 Å². The monoisotopic (exact) mass is 262 g/mol. The third-order valence-electron chi connectivity index (χ3n) is 2.04. The highest BCUT2D eigenvalue weighted by Crippen LogP contribution is 2.23. The highest BCUT2D eigenvalue weighted by molar-refractivity contribution is 6.35. The van der Waals surface area contributed by atoms with Gasteiger partial charge >= 0.3 is 11.9 Å². The molecule has 2 N–H and O–H groups in total. The Balaban J connectivity index is 2.94. The molecular weight excluding hydrogens is 255 g/mol. The second-order valence-corrected chi connectivity index (χ2v) is 4.01. The number of benzene rings is 1. The summed E-state index contributed by atoms with van der Waals surface area (Å²) in [5.41, 5.74) is 0.445. The van der Waals surface area contributed by atoms with Crippen LogP contribution in [-0.4, -0.2) is 22.2 Å². The van der Waals surface area contributed by atoms with E-state index < -0.39 is 17.9 Å². The molecule has 0 unspecified atom stereocenters. The van der Waals surface area contributed by atoms with Crippen LogP contribution in [-0.2, 0) is 16.0 Å². The summed E-state index contributed by atoms with van der Waals surface area (Å²) in [7, 11) is 0. The molecule has 6 heteroatoms. The summed E-state index contributed by atoms with van der Waals surface area (Å²) in [4.78, 5) is 21.3. The molecule has 4 nitrogen and oxygen atoms in total. The zero-order valence-corrected chi connectivity index (χ0v) is 9.50. The summed E-state index contributed by atoms with van der Waals surface area (Å²) in [6, 6.07) is 4.49. The van der Waals surface area contributed by atoms with E-state index in [-0.39, 0.29) is 11.4 Å². The van der Waals surface area contributed by atoms with Crippen LogP contribution in [0.2, 0.25) is 10.0 Å². The molecule has 0 heterocycles. The Morgan fingerprint density at radius 1 is 1.19 bits per heavy atom. The highest BCUT2D eigenvalue weighted by atomic mass is 35.5. The molecule has 0 aliphatic carbocycles. The van der Waals surface area contributed by atoms with Gasteiger partial charge in [-0.2, -0.15) is 0 Å². The van der Waals surface area contributed by atoms with Crippen molar-refractivity contribution in [3.8, 4) is 0 Å². The first-order chi connectivity index (χ1) is 7.41. The normalized spacial score (nSPS) is 10.4. The Hall–Kier alpha value is -1.26. The van der Waals surface area contributed by atoms with E-state index in [0.717, 1.165) is 0 Å². The van der Waals surface area contributed by atoms with Crippen LogP contribution in [0.5, 0.6) is 0 Å². The molecule has 86 valence electrons. The summed E-state index contributed by atoms with van der Waals surface area (Å²) >= 11 is 11.5. The van der Waals surface area contributed by atoms with Gasteiger partial charge in [-0.3, -0.25) is 9.59 Å². The van der Waals surface area contributed by atoms with E-state index in [4.69, 9.17) is 33.4 Å². The zero-order valence-electron chi connectivity index (χ0n) is 7.98. The Morgan fingerprint density at radius 3 is 2.19 bits per heavy atom. The lowest BCUT2D eigenvalue weighted by Gasteiger charge is -2.08. The van der Waals surface area contributed by atoms with Gasteiger partial charge in [-0.25, -0.2) is 0 Å². The van der Waals surface area contributed by atoms with Crippen LogP contribution in [0.1, 0.15) is 5.56 Å². The van der Waals surface area contributed by atoms with Crippen molar-refractivity contribution in [1.29, 1.82) is 0 Å². The molecule has 0 saturated heterocycles. The van der Waals surface area contributed by atoms with Crippen LogP contribution in [0, 0.1) is 5.92 Å². The minimum Gasteiger partial charge on any atom is -0.481 e. The largest absolute Gasteiger partial charge is 0.481 e. The smallest absolute Gasteiger partial charge is 0.318 e. The molecule has 0 amide bonds. The van der Waals surface area contributed by atoms with E-state index in [1.54, 1.807) is 0 Å². The van der Waals surface area contributed by atoms with E-state index in [1.165, 1.54) is 18.2 Å². The summed E-state index contributed by atoms with van der Waals surface area (Å²) in [5.74, 6) is -4.28. The fourth-order valence-electron chi connectivity index (χ4n) is 1.19. The Bertz CT molecular complexity index is 417. The fraction of sp³-hybridized carbons (Fsp3) is 0.200. The third kappa shape index (κ3) is 3.12. The topological polar surface area (TPSA) is 74.6 Å². The van der Waals surface area contributed by atoms with Crippen LogP contribution in [0.15, 0.2) is 18.2 Å². The number of halogens is 2. The molecule has 0 bridgehead atoms. The molecule has 0 aliphatic heterocycles. The average Bonchev–Trinajstić information content (AvgIpc) is 2.15. The number of rotatable bonds is 4. The minimum atomic E-state index is -1.50. The van der Waals surface area contributed by atoms with Crippen LogP contribution < -0.4 is 0 Å². The van der Waals surface area contributed by atoms with Crippen molar-refractivity contribution in [2.24, 2.45) is 5.92 Å². The van der Waals surface area contributed by atoms with Gasteiger partial charge < -0.3 is 10.2 Å². The zero-order chi connectivity index (χ0) is 12.3. The predicted molar refractivity (Wildman–Crippen MR) is 58.9 cm³/mol. The van der Waals surface area contributed by atoms with Crippen molar-refractivity contribution in [3.05, 3.63) is 33.8 Å². The SMILES string of the molecule is O=C(O)C(Cc1ccc(Cl)cc1Cl)C(=O)O. The van der Waals surface area contributed by atoms with Crippen molar-refractivity contribution in [1.82, 2.24) is 0 Å². The van der Waals surface area contributed by atoms with Gasteiger partial charge in [0.2, 0.25) is 0 Å². The molecule has 1 aromatic carbocycles. The maximum absolute atomic E-state index is 10.7. The Labute approximate surface area is 101 Å². The first-order valence-electron chi connectivity index (χ1n) is 4.31. The molecule has 0 aromatic heterocycles. The van der Waals surface area contributed by atoms with Gasteiger partial charge in [0.05, 0.1) is 0 Å². The van der Waals surface area contributed by atoms with Gasteiger partial charge in [0.25, 0.3) is 0 Å². The van der Waals surface area contributed by atoms with Crippen LogP contribution in [0.3, 0.4) is 0 Å². The first kappa shape index (κ1) is 12.8. The Kier molecular flexibility index (Phi) is 4.15. The number of hydrogen-bond acceptors (Lipinski definition) is 2. The maximum Gasteiger partial charge on any atom is 0.318 e. The van der Waals surface area contributed by atoms with Crippen LogP contribution in [0.4, 0.5) is 0 Å². The molecular formula is C10H8Cl2O4. The quantitative estimate of drug-likeness (QED) is 0.817. The fourth-order valence-corrected chi connectivity index (χ4v) is 1.67. The molecule has 0 spiro atoms. The van der Waals surface area contributed by atoms with Crippen molar-refractivity contribution >= 4 is 35.1 Å². The molecule has 0 atom stereocenters. The Morgan fingerprint density at radius 2 is 1.75 bits per heavy atom. The highest BCUT2D eigenvalue weighted by Gasteiger charge is 2.26. The number of carboxylic acid groups (broad SMARTS) is 2. The second-order valence-electron chi connectivity index (χ2n) is 3.17. The van der Waals surface area contributed by atoms with E-state index in [9.17, 15) is 9.59 Å². The van der Waals surface area contributed by atoms with Crippen LogP contribution in [0.25, 0.3) is 0 Å². The number of carbonyl (C=O) groups is 2. The van der Waals surface area contributed by atoms with Gasteiger partial charge in [0.15, 0.2) is 5.92 Å². The molecule has 0 saturated carbocycles. The number of carboxylic acids is 2. The van der Waals surface area contributed by atoms with E-state index in [2.05, 4.69) is 0 Å². The molecule has 1 aromatic rings.